The van der Waals surface area contributed by atoms with Crippen molar-refractivity contribution in [2.75, 3.05) is 13.7 Å². The van der Waals surface area contributed by atoms with Crippen molar-refractivity contribution in [1.82, 2.24) is 10.6 Å². The summed E-state index contributed by atoms with van der Waals surface area (Å²) in [6, 6.07) is 0. The standard InChI is InChI=1S/C6H11N3O2/c1-11-9-5-2-6(7-3-5)8-4-10/h4,6-7H,2-3H2,1H3,(H,8,10). The highest BCUT2D eigenvalue weighted by molar-refractivity contribution is 5.88. The van der Waals surface area contributed by atoms with E-state index in [9.17, 15) is 4.79 Å². The third kappa shape index (κ3) is 2.19. The molecule has 1 aliphatic heterocycles. The SMILES string of the molecule is CON=C1CNC(NC=O)C1. The van der Waals surface area contributed by atoms with E-state index in [1.807, 2.05) is 0 Å². The first-order chi connectivity index (χ1) is 5.36. The molecule has 1 aliphatic rings. The van der Waals surface area contributed by atoms with Gasteiger partial charge in [0, 0.05) is 13.0 Å². The van der Waals surface area contributed by atoms with Crippen LogP contribution in [0, 0.1) is 0 Å². The third-order valence-electron chi connectivity index (χ3n) is 1.48. The molecule has 1 atom stereocenters. The Morgan fingerprint density at radius 1 is 1.91 bits per heavy atom. The molecule has 11 heavy (non-hydrogen) atoms. The lowest BCUT2D eigenvalue weighted by Crippen LogP contribution is -2.35. The van der Waals surface area contributed by atoms with Gasteiger partial charge in [-0.25, -0.2) is 0 Å². The summed E-state index contributed by atoms with van der Waals surface area (Å²) < 4.78 is 0. The van der Waals surface area contributed by atoms with E-state index in [-0.39, 0.29) is 6.17 Å². The highest BCUT2D eigenvalue weighted by Crippen LogP contribution is 1.99. The number of nitrogens with one attached hydrogen (secondary N) is 2. The monoisotopic (exact) mass is 157 g/mol. The van der Waals surface area contributed by atoms with Gasteiger partial charge < -0.3 is 10.2 Å². The number of amides is 1. The molecule has 1 amide bonds. The van der Waals surface area contributed by atoms with Gasteiger partial charge in [-0.05, 0) is 0 Å². The molecule has 0 bridgehead atoms. The van der Waals surface area contributed by atoms with E-state index in [4.69, 9.17) is 0 Å². The molecule has 1 unspecified atom stereocenters. The molecule has 1 heterocycles. The molecule has 0 aromatic rings. The molecule has 0 aliphatic carbocycles. The Hall–Kier alpha value is -1.10. The van der Waals surface area contributed by atoms with Gasteiger partial charge in [-0.2, -0.15) is 0 Å². The lowest BCUT2D eigenvalue weighted by atomic mass is 10.3. The molecule has 1 rings (SSSR count). The van der Waals surface area contributed by atoms with E-state index in [1.165, 1.54) is 7.11 Å². The van der Waals surface area contributed by atoms with Crippen LogP contribution in [-0.4, -0.2) is 31.9 Å². The first-order valence-corrected chi connectivity index (χ1v) is 3.39. The Labute approximate surface area is 64.8 Å². The average molecular weight is 157 g/mol. The van der Waals surface area contributed by atoms with Crippen LogP contribution in [0.2, 0.25) is 0 Å². The largest absolute Gasteiger partial charge is 0.399 e. The van der Waals surface area contributed by atoms with Crippen LogP contribution in [0.1, 0.15) is 6.42 Å². The highest BCUT2D eigenvalue weighted by Gasteiger charge is 2.18. The number of rotatable bonds is 3. The third-order valence-corrected chi connectivity index (χ3v) is 1.48. The summed E-state index contributed by atoms with van der Waals surface area (Å²) in [6.07, 6.45) is 1.40. The minimum absolute atomic E-state index is 0.0152. The minimum Gasteiger partial charge on any atom is -0.399 e. The summed E-state index contributed by atoms with van der Waals surface area (Å²) >= 11 is 0. The van der Waals surface area contributed by atoms with Gasteiger partial charge in [0.2, 0.25) is 6.41 Å². The molecule has 5 heteroatoms. The Bertz CT molecular complexity index is 169. The summed E-state index contributed by atoms with van der Waals surface area (Å²) in [6.45, 7) is 0.680. The zero-order valence-corrected chi connectivity index (χ0v) is 6.33. The summed E-state index contributed by atoms with van der Waals surface area (Å²) in [5, 5.41) is 9.40. The maximum Gasteiger partial charge on any atom is 0.208 e. The van der Waals surface area contributed by atoms with E-state index >= 15 is 0 Å². The molecule has 5 nitrogen and oxygen atoms in total. The van der Waals surface area contributed by atoms with Crippen LogP contribution in [0.3, 0.4) is 0 Å². The predicted molar refractivity (Wildman–Crippen MR) is 40.1 cm³/mol. The number of nitrogens with zero attached hydrogens (tertiary/aromatic N) is 1. The van der Waals surface area contributed by atoms with Gasteiger partial charge in [-0.3, -0.25) is 10.1 Å². The Balaban J connectivity index is 2.34. The topological polar surface area (TPSA) is 62.7 Å². The molecule has 2 N–H and O–H groups in total. The quantitative estimate of drug-likeness (QED) is 0.410. The summed E-state index contributed by atoms with van der Waals surface area (Å²) in [5.41, 5.74) is 0.923. The molecule has 1 fully saturated rings. The van der Waals surface area contributed by atoms with Gasteiger partial charge in [0.05, 0.1) is 11.9 Å². The average Bonchev–Trinajstić information content (AvgIpc) is 2.38. The van der Waals surface area contributed by atoms with E-state index in [1.54, 1.807) is 0 Å². The van der Waals surface area contributed by atoms with E-state index in [0.717, 1.165) is 5.71 Å². The Kier molecular flexibility index (Phi) is 2.85. The number of hydrogen-bond donors (Lipinski definition) is 2. The van der Waals surface area contributed by atoms with Crippen LogP contribution in [0.25, 0.3) is 0 Å². The summed E-state index contributed by atoms with van der Waals surface area (Å²) in [7, 11) is 1.51. The fraction of sp³-hybridized carbons (Fsp3) is 0.667. The van der Waals surface area contributed by atoms with Crippen molar-refractivity contribution < 1.29 is 9.63 Å². The molecule has 0 saturated carbocycles. The van der Waals surface area contributed by atoms with Gasteiger partial charge in [0.1, 0.15) is 7.11 Å². The van der Waals surface area contributed by atoms with E-state index in [2.05, 4.69) is 20.6 Å². The second-order valence-corrected chi connectivity index (χ2v) is 2.26. The first kappa shape index (κ1) is 8.00. The fourth-order valence-corrected chi connectivity index (χ4v) is 1.02. The molecule has 0 radical (unpaired) electrons. The van der Waals surface area contributed by atoms with Crippen molar-refractivity contribution in [3.63, 3.8) is 0 Å². The maximum absolute atomic E-state index is 10.0. The van der Waals surface area contributed by atoms with Gasteiger partial charge in [0.25, 0.3) is 0 Å². The number of carbonyl (C=O) groups is 1. The number of oxime groups is 1. The normalized spacial score (nSPS) is 27.0. The van der Waals surface area contributed by atoms with Crippen LogP contribution in [-0.2, 0) is 9.63 Å². The molecular weight excluding hydrogens is 146 g/mol. The second kappa shape index (κ2) is 3.92. The maximum atomic E-state index is 10.0. The van der Waals surface area contributed by atoms with Crippen molar-refractivity contribution in [3.8, 4) is 0 Å². The van der Waals surface area contributed by atoms with Crippen LogP contribution < -0.4 is 10.6 Å². The minimum atomic E-state index is 0.0152. The molecule has 0 spiro atoms. The Morgan fingerprint density at radius 3 is 3.36 bits per heavy atom. The van der Waals surface area contributed by atoms with Crippen LogP contribution in [0.4, 0.5) is 0 Å². The smallest absolute Gasteiger partial charge is 0.208 e. The van der Waals surface area contributed by atoms with Crippen molar-refractivity contribution in [2.24, 2.45) is 5.16 Å². The summed E-state index contributed by atoms with van der Waals surface area (Å²) in [4.78, 5) is 14.6. The van der Waals surface area contributed by atoms with E-state index in [0.29, 0.717) is 19.4 Å². The molecule has 62 valence electrons. The molecular formula is C6H11N3O2. The Morgan fingerprint density at radius 2 is 2.73 bits per heavy atom. The molecule has 1 saturated heterocycles. The fourth-order valence-electron chi connectivity index (χ4n) is 1.02. The van der Waals surface area contributed by atoms with Crippen molar-refractivity contribution in [2.45, 2.75) is 12.6 Å². The second-order valence-electron chi connectivity index (χ2n) is 2.26. The van der Waals surface area contributed by atoms with Crippen molar-refractivity contribution in [1.29, 1.82) is 0 Å². The number of carbonyl (C=O) groups excluding carboxylic acids is 1. The van der Waals surface area contributed by atoms with Crippen LogP contribution in [0.15, 0.2) is 5.16 Å². The van der Waals surface area contributed by atoms with Gasteiger partial charge in [-0.15, -0.1) is 0 Å². The summed E-state index contributed by atoms with van der Waals surface area (Å²) in [5.74, 6) is 0. The lowest BCUT2D eigenvalue weighted by Gasteiger charge is -2.04. The molecule has 0 aromatic heterocycles. The first-order valence-electron chi connectivity index (χ1n) is 3.39. The zero-order valence-electron chi connectivity index (χ0n) is 6.33. The molecule has 0 aromatic carbocycles. The van der Waals surface area contributed by atoms with Crippen LogP contribution in [0.5, 0.6) is 0 Å². The van der Waals surface area contributed by atoms with E-state index < -0.39 is 0 Å². The van der Waals surface area contributed by atoms with Crippen molar-refractivity contribution in [3.05, 3.63) is 0 Å². The van der Waals surface area contributed by atoms with Gasteiger partial charge >= 0.3 is 0 Å². The van der Waals surface area contributed by atoms with Crippen molar-refractivity contribution >= 4 is 12.1 Å². The van der Waals surface area contributed by atoms with Gasteiger partial charge in [-0.1, -0.05) is 5.16 Å². The van der Waals surface area contributed by atoms with Gasteiger partial charge in [0.15, 0.2) is 0 Å². The zero-order chi connectivity index (χ0) is 8.10. The number of hydrogen-bond acceptors (Lipinski definition) is 4. The predicted octanol–water partition coefficient (Wildman–Crippen LogP) is -0.946. The van der Waals surface area contributed by atoms with Crippen LogP contribution >= 0.6 is 0 Å². The highest BCUT2D eigenvalue weighted by atomic mass is 16.6. The lowest BCUT2D eigenvalue weighted by molar-refractivity contribution is -0.110.